The Balaban J connectivity index is 2.30. The number of carboxylic acid groups (broad SMARTS) is 1. The van der Waals surface area contributed by atoms with Crippen LogP contribution in [0, 0.1) is 0 Å². The molecule has 0 heterocycles. The summed E-state index contributed by atoms with van der Waals surface area (Å²) < 4.78 is 6.02. The number of benzene rings is 2. The first-order valence-corrected chi connectivity index (χ1v) is 8.55. The fourth-order valence-corrected chi connectivity index (χ4v) is 3.10. The number of ether oxygens (including phenoxy) is 1. The Kier molecular flexibility index (Phi) is 6.24. The van der Waals surface area contributed by atoms with Gasteiger partial charge in [0.15, 0.2) is 0 Å². The number of esters is 1. The van der Waals surface area contributed by atoms with Gasteiger partial charge in [0.05, 0.1) is 18.6 Å². The summed E-state index contributed by atoms with van der Waals surface area (Å²) in [6, 6.07) is 13.0. The maximum atomic E-state index is 12.1. The Morgan fingerprint density at radius 3 is 2.39 bits per heavy atom. The Hall–Kier alpha value is -1.79. The highest BCUT2D eigenvalue weighted by atomic mass is 79.9. The molecule has 0 amide bonds. The van der Waals surface area contributed by atoms with Gasteiger partial charge in [-0.2, -0.15) is 0 Å². The number of halogens is 1. The molecule has 2 aromatic rings. The first-order chi connectivity index (χ1) is 11.0. The summed E-state index contributed by atoms with van der Waals surface area (Å²) in [6.45, 7) is 1.96. The summed E-state index contributed by atoms with van der Waals surface area (Å²) in [4.78, 5) is 24.9. The Labute approximate surface area is 147 Å². The molecule has 0 aliphatic heterocycles. The predicted molar refractivity (Wildman–Crippen MR) is 92.0 cm³/mol. The van der Waals surface area contributed by atoms with E-state index >= 15 is 0 Å². The molecule has 2 aromatic carbocycles. The van der Waals surface area contributed by atoms with Crippen LogP contribution in [0.1, 0.15) is 22.8 Å². The van der Waals surface area contributed by atoms with Crippen molar-refractivity contribution in [2.45, 2.75) is 23.1 Å². The molecule has 0 aromatic heterocycles. The normalized spacial score (nSPS) is 10.3. The summed E-state index contributed by atoms with van der Waals surface area (Å²) >= 11 is 4.88. The minimum Gasteiger partial charge on any atom is -0.481 e. The van der Waals surface area contributed by atoms with Gasteiger partial charge in [-0.25, -0.2) is 4.79 Å². The van der Waals surface area contributed by atoms with Gasteiger partial charge in [0.25, 0.3) is 0 Å². The molecule has 0 saturated carbocycles. The molecule has 0 aliphatic carbocycles. The minimum atomic E-state index is -0.983. The van der Waals surface area contributed by atoms with Gasteiger partial charge in [0.2, 0.25) is 0 Å². The summed E-state index contributed by atoms with van der Waals surface area (Å²) in [5.74, 6) is -1.48. The van der Waals surface area contributed by atoms with Crippen molar-refractivity contribution in [1.29, 1.82) is 0 Å². The van der Waals surface area contributed by atoms with Crippen LogP contribution in [0.5, 0.6) is 0 Å². The van der Waals surface area contributed by atoms with Crippen molar-refractivity contribution >= 4 is 39.6 Å². The highest BCUT2D eigenvalue weighted by molar-refractivity contribution is 9.10. The molecule has 0 saturated heterocycles. The molecule has 0 bridgehead atoms. The molecule has 1 N–H and O–H groups in total. The third-order valence-electron chi connectivity index (χ3n) is 2.97. The first kappa shape index (κ1) is 17.6. The van der Waals surface area contributed by atoms with E-state index in [2.05, 4.69) is 15.9 Å². The molecule has 4 nitrogen and oxygen atoms in total. The number of hydrogen-bond acceptors (Lipinski definition) is 4. The molecule has 0 spiro atoms. The lowest BCUT2D eigenvalue weighted by Gasteiger charge is -2.10. The summed E-state index contributed by atoms with van der Waals surface area (Å²) in [5, 5.41) is 8.97. The number of aliphatic carboxylic acids is 1. The van der Waals surface area contributed by atoms with Crippen molar-refractivity contribution in [2.24, 2.45) is 0 Å². The van der Waals surface area contributed by atoms with Crippen LogP contribution < -0.4 is 0 Å². The monoisotopic (exact) mass is 394 g/mol. The van der Waals surface area contributed by atoms with Gasteiger partial charge in [-0.3, -0.25) is 4.79 Å². The zero-order valence-corrected chi connectivity index (χ0v) is 14.8. The van der Waals surface area contributed by atoms with E-state index < -0.39 is 11.9 Å². The first-order valence-electron chi connectivity index (χ1n) is 6.95. The number of carbonyl (C=O) groups excluding carboxylic acids is 1. The van der Waals surface area contributed by atoms with E-state index in [9.17, 15) is 9.59 Å². The quantitative estimate of drug-likeness (QED) is 0.735. The third-order valence-corrected chi connectivity index (χ3v) is 4.49. The molecule has 0 aliphatic rings. The maximum absolute atomic E-state index is 12.1. The van der Waals surface area contributed by atoms with Crippen LogP contribution in [0.25, 0.3) is 0 Å². The van der Waals surface area contributed by atoms with Crippen LogP contribution in [0.4, 0.5) is 0 Å². The predicted octanol–water partition coefficient (Wildman–Crippen LogP) is 4.40. The zero-order chi connectivity index (χ0) is 16.8. The lowest BCUT2D eigenvalue weighted by atomic mass is 10.0. The van der Waals surface area contributed by atoms with Crippen molar-refractivity contribution in [3.8, 4) is 0 Å². The molecule has 0 fully saturated rings. The molecule has 0 unspecified atom stereocenters. The molecular formula is C17H15BrO4S. The van der Waals surface area contributed by atoms with E-state index in [4.69, 9.17) is 9.84 Å². The summed E-state index contributed by atoms with van der Waals surface area (Å²) in [7, 11) is 0. The van der Waals surface area contributed by atoms with Crippen molar-refractivity contribution < 1.29 is 19.4 Å². The van der Waals surface area contributed by atoms with E-state index in [0.29, 0.717) is 11.1 Å². The molecule has 0 atom stereocenters. The van der Waals surface area contributed by atoms with Gasteiger partial charge in [-0.05, 0) is 48.9 Å². The van der Waals surface area contributed by atoms with Crippen molar-refractivity contribution in [2.75, 3.05) is 6.61 Å². The smallest absolute Gasteiger partial charge is 0.338 e. The molecule has 6 heteroatoms. The minimum absolute atomic E-state index is 0.211. The van der Waals surface area contributed by atoms with Gasteiger partial charge < -0.3 is 9.84 Å². The van der Waals surface area contributed by atoms with Gasteiger partial charge >= 0.3 is 11.9 Å². The Bertz CT molecular complexity index is 713. The number of rotatable bonds is 6. The zero-order valence-electron chi connectivity index (χ0n) is 12.4. The number of carboxylic acids is 1. The summed E-state index contributed by atoms with van der Waals surface area (Å²) in [6.07, 6.45) is -0.211. The number of hydrogen-bond donors (Lipinski definition) is 1. The van der Waals surface area contributed by atoms with Crippen molar-refractivity contribution in [3.05, 3.63) is 58.1 Å². The van der Waals surface area contributed by atoms with Gasteiger partial charge in [-0.15, -0.1) is 0 Å². The van der Waals surface area contributed by atoms with Gasteiger partial charge in [0, 0.05) is 14.3 Å². The lowest BCUT2D eigenvalue weighted by Crippen LogP contribution is -2.11. The third kappa shape index (κ3) is 5.11. The molecule has 120 valence electrons. The standard InChI is InChI=1S/C17H15BrO4S/c1-2-22-17(21)15-10-14(6-3-11(15)9-16(19)20)23-13-7-4-12(18)5-8-13/h3-8,10H,2,9H2,1H3,(H,19,20). The second-order valence-corrected chi connectivity index (χ2v) is 6.73. The van der Waals surface area contributed by atoms with Crippen LogP contribution >= 0.6 is 27.7 Å². The highest BCUT2D eigenvalue weighted by Crippen LogP contribution is 2.30. The topological polar surface area (TPSA) is 63.6 Å². The maximum Gasteiger partial charge on any atom is 0.338 e. The lowest BCUT2D eigenvalue weighted by molar-refractivity contribution is -0.136. The van der Waals surface area contributed by atoms with Crippen LogP contribution in [0.2, 0.25) is 0 Å². The van der Waals surface area contributed by atoms with E-state index in [0.717, 1.165) is 14.3 Å². The fourth-order valence-electron chi connectivity index (χ4n) is 1.97. The Morgan fingerprint density at radius 2 is 1.78 bits per heavy atom. The van der Waals surface area contributed by atoms with E-state index in [-0.39, 0.29) is 13.0 Å². The average molecular weight is 395 g/mol. The largest absolute Gasteiger partial charge is 0.481 e. The van der Waals surface area contributed by atoms with Crippen LogP contribution in [0.3, 0.4) is 0 Å². The van der Waals surface area contributed by atoms with Crippen LogP contribution in [-0.4, -0.2) is 23.7 Å². The second kappa shape index (κ2) is 8.17. The van der Waals surface area contributed by atoms with E-state index in [1.54, 1.807) is 19.1 Å². The highest BCUT2D eigenvalue weighted by Gasteiger charge is 2.16. The van der Waals surface area contributed by atoms with Crippen molar-refractivity contribution in [3.63, 3.8) is 0 Å². The SMILES string of the molecule is CCOC(=O)c1cc(Sc2ccc(Br)cc2)ccc1CC(=O)O. The van der Waals surface area contributed by atoms with E-state index in [1.165, 1.54) is 11.8 Å². The second-order valence-electron chi connectivity index (χ2n) is 4.67. The molecule has 2 rings (SSSR count). The van der Waals surface area contributed by atoms with Crippen molar-refractivity contribution in [1.82, 2.24) is 0 Å². The Morgan fingerprint density at radius 1 is 1.13 bits per heavy atom. The van der Waals surface area contributed by atoms with Crippen LogP contribution in [0.15, 0.2) is 56.7 Å². The summed E-state index contributed by atoms with van der Waals surface area (Å²) in [5.41, 5.74) is 0.757. The average Bonchev–Trinajstić information content (AvgIpc) is 2.51. The molecule has 23 heavy (non-hydrogen) atoms. The number of carbonyl (C=O) groups is 2. The van der Waals surface area contributed by atoms with Gasteiger partial charge in [-0.1, -0.05) is 33.8 Å². The fraction of sp³-hybridized carbons (Fsp3) is 0.176. The van der Waals surface area contributed by atoms with Crippen LogP contribution in [-0.2, 0) is 16.0 Å². The molecular weight excluding hydrogens is 380 g/mol. The van der Waals surface area contributed by atoms with Gasteiger partial charge in [0.1, 0.15) is 0 Å². The van der Waals surface area contributed by atoms with E-state index in [1.807, 2.05) is 30.3 Å². The molecule has 0 radical (unpaired) electrons.